The van der Waals surface area contributed by atoms with E-state index in [1.165, 1.54) is 0 Å². The summed E-state index contributed by atoms with van der Waals surface area (Å²) in [5.41, 5.74) is 0. The number of ether oxygens (including phenoxy) is 2. The summed E-state index contributed by atoms with van der Waals surface area (Å²) >= 11 is 0. The summed E-state index contributed by atoms with van der Waals surface area (Å²) in [6.07, 6.45) is 0.324. The van der Waals surface area contributed by atoms with Gasteiger partial charge in [-0.25, -0.2) is 0 Å². The van der Waals surface area contributed by atoms with Crippen molar-refractivity contribution < 1.29 is 9.47 Å². The van der Waals surface area contributed by atoms with Crippen LogP contribution in [-0.2, 0) is 9.47 Å². The molecule has 1 unspecified atom stereocenters. The zero-order valence-corrected chi connectivity index (χ0v) is 3.81. The first-order valence-electron chi connectivity index (χ1n) is 2.09. The molecule has 1 fully saturated rings. The van der Waals surface area contributed by atoms with Crippen LogP contribution in [0.1, 0.15) is 6.92 Å². The van der Waals surface area contributed by atoms with Crippen molar-refractivity contribution in [3.8, 4) is 0 Å². The second-order valence-corrected chi connectivity index (χ2v) is 1.47. The maximum Gasteiger partial charge on any atom is 0.147 e. The third-order valence-corrected chi connectivity index (χ3v) is 0.788. The van der Waals surface area contributed by atoms with Gasteiger partial charge in [-0.3, -0.25) is 0 Å². The molecule has 0 radical (unpaired) electrons. The van der Waals surface area contributed by atoms with E-state index < -0.39 is 0 Å². The van der Waals surface area contributed by atoms with Gasteiger partial charge in [0.2, 0.25) is 0 Å². The molecule has 0 aliphatic carbocycles. The lowest BCUT2D eigenvalue weighted by Crippen LogP contribution is -2.00. The molecule has 6 heavy (non-hydrogen) atoms. The number of hydrogen-bond donors (Lipinski definition) is 0. The monoisotopic (exact) mass is 88.1 g/mol. The Morgan fingerprint density at radius 3 is 2.67 bits per heavy atom. The Balaban J connectivity index is 2.18. The molecule has 1 aliphatic heterocycles. The Morgan fingerprint density at radius 1 is 1.67 bits per heavy atom. The van der Waals surface area contributed by atoms with Crippen molar-refractivity contribution >= 4 is 0 Å². The van der Waals surface area contributed by atoms with Crippen LogP contribution in [0.2, 0.25) is 0 Å². The van der Waals surface area contributed by atoms with Gasteiger partial charge in [0.1, 0.15) is 6.79 Å². The highest BCUT2D eigenvalue weighted by molar-refractivity contribution is 4.47. The van der Waals surface area contributed by atoms with Gasteiger partial charge in [-0.15, -0.1) is 0 Å². The summed E-state index contributed by atoms with van der Waals surface area (Å²) in [7, 11) is 0. The van der Waals surface area contributed by atoms with Crippen LogP contribution in [0.3, 0.4) is 0 Å². The van der Waals surface area contributed by atoms with Crippen molar-refractivity contribution in [3.05, 3.63) is 0 Å². The fourth-order valence-corrected chi connectivity index (χ4v) is 0.426. The molecule has 0 aromatic carbocycles. The molecular weight excluding hydrogens is 80.0 g/mol. The first-order valence-corrected chi connectivity index (χ1v) is 2.09. The maximum atomic E-state index is 4.93. The van der Waals surface area contributed by atoms with E-state index in [4.69, 9.17) is 9.47 Å². The van der Waals surface area contributed by atoms with Crippen molar-refractivity contribution in [3.63, 3.8) is 0 Å². The van der Waals surface area contributed by atoms with Crippen LogP contribution < -0.4 is 0 Å². The molecule has 1 saturated heterocycles. The molecule has 1 rings (SSSR count). The molecule has 0 aromatic rings. The van der Waals surface area contributed by atoms with Crippen LogP contribution in [0.4, 0.5) is 0 Å². The lowest BCUT2D eigenvalue weighted by atomic mass is 10.5. The SMILES string of the molecule is CC1COCO1. The van der Waals surface area contributed by atoms with Gasteiger partial charge in [0.25, 0.3) is 0 Å². The molecule has 36 valence electrons. The molecule has 1 heterocycles. The highest BCUT2D eigenvalue weighted by atomic mass is 16.7. The Bertz CT molecular complexity index is 38.8. The molecular formula is C4H8O2. The van der Waals surface area contributed by atoms with Crippen molar-refractivity contribution in [1.82, 2.24) is 0 Å². The third-order valence-electron chi connectivity index (χ3n) is 0.788. The zero-order chi connectivity index (χ0) is 4.41. The minimum atomic E-state index is 0.324. The van der Waals surface area contributed by atoms with E-state index in [9.17, 15) is 0 Å². The molecule has 2 heteroatoms. The summed E-state index contributed by atoms with van der Waals surface area (Å²) in [6.45, 7) is 3.24. The molecule has 0 saturated carbocycles. The minimum Gasteiger partial charge on any atom is -0.353 e. The predicted octanol–water partition coefficient (Wildman–Crippen LogP) is 0.379. The van der Waals surface area contributed by atoms with Crippen LogP contribution in [-0.4, -0.2) is 19.5 Å². The lowest BCUT2D eigenvalue weighted by molar-refractivity contribution is 0.0514. The Kier molecular flexibility index (Phi) is 1.08. The van der Waals surface area contributed by atoms with Crippen molar-refractivity contribution in [2.24, 2.45) is 0 Å². The molecule has 2 nitrogen and oxygen atoms in total. The van der Waals surface area contributed by atoms with Crippen LogP contribution in [0.25, 0.3) is 0 Å². The molecule has 1 atom stereocenters. The molecule has 0 spiro atoms. The fourth-order valence-electron chi connectivity index (χ4n) is 0.426. The molecule has 0 bridgehead atoms. The van der Waals surface area contributed by atoms with Gasteiger partial charge in [0.05, 0.1) is 12.7 Å². The highest BCUT2D eigenvalue weighted by Gasteiger charge is 2.07. The smallest absolute Gasteiger partial charge is 0.147 e. The van der Waals surface area contributed by atoms with Gasteiger partial charge >= 0.3 is 0 Å². The van der Waals surface area contributed by atoms with Gasteiger partial charge in [-0.2, -0.15) is 0 Å². The van der Waals surface area contributed by atoms with Crippen LogP contribution >= 0.6 is 0 Å². The summed E-state index contributed by atoms with van der Waals surface area (Å²) in [6, 6.07) is 0. The van der Waals surface area contributed by atoms with Gasteiger partial charge in [0.15, 0.2) is 0 Å². The van der Waals surface area contributed by atoms with Gasteiger partial charge in [0, 0.05) is 0 Å². The summed E-state index contributed by atoms with van der Waals surface area (Å²) < 4.78 is 9.77. The summed E-state index contributed by atoms with van der Waals surface area (Å²) in [5.74, 6) is 0. The van der Waals surface area contributed by atoms with E-state index in [0.29, 0.717) is 12.9 Å². The van der Waals surface area contributed by atoms with E-state index in [-0.39, 0.29) is 0 Å². The van der Waals surface area contributed by atoms with Crippen LogP contribution in [0.5, 0.6) is 0 Å². The average Bonchev–Trinajstić information content (AvgIpc) is 1.86. The summed E-state index contributed by atoms with van der Waals surface area (Å²) in [4.78, 5) is 0. The van der Waals surface area contributed by atoms with Crippen LogP contribution in [0.15, 0.2) is 0 Å². The standard InChI is InChI=1S/C4H8O2/c1-4-2-5-3-6-4/h4H,2-3H2,1H3. The second kappa shape index (κ2) is 1.58. The van der Waals surface area contributed by atoms with E-state index in [1.807, 2.05) is 6.92 Å². The minimum absolute atomic E-state index is 0.324. The van der Waals surface area contributed by atoms with Crippen LogP contribution in [0, 0.1) is 0 Å². The van der Waals surface area contributed by atoms with Crippen molar-refractivity contribution in [2.75, 3.05) is 13.4 Å². The van der Waals surface area contributed by atoms with E-state index in [1.54, 1.807) is 0 Å². The molecule has 0 amide bonds. The average molecular weight is 88.1 g/mol. The van der Waals surface area contributed by atoms with E-state index in [0.717, 1.165) is 6.61 Å². The maximum absolute atomic E-state index is 4.93. The fraction of sp³-hybridized carbons (Fsp3) is 1.00. The Labute approximate surface area is 37.1 Å². The summed E-state index contributed by atoms with van der Waals surface area (Å²) in [5, 5.41) is 0. The first kappa shape index (κ1) is 4.09. The molecule has 0 N–H and O–H groups in total. The van der Waals surface area contributed by atoms with Crippen molar-refractivity contribution in [2.45, 2.75) is 13.0 Å². The number of rotatable bonds is 0. The predicted molar refractivity (Wildman–Crippen MR) is 21.4 cm³/mol. The third kappa shape index (κ3) is 0.698. The van der Waals surface area contributed by atoms with Gasteiger partial charge in [-0.05, 0) is 6.92 Å². The number of hydrogen-bond acceptors (Lipinski definition) is 2. The largest absolute Gasteiger partial charge is 0.353 e. The molecule has 1 aliphatic rings. The topological polar surface area (TPSA) is 18.5 Å². The molecule has 0 aromatic heterocycles. The Morgan fingerprint density at radius 2 is 2.50 bits per heavy atom. The van der Waals surface area contributed by atoms with Gasteiger partial charge in [-0.1, -0.05) is 0 Å². The lowest BCUT2D eigenvalue weighted by Gasteiger charge is -1.90. The van der Waals surface area contributed by atoms with E-state index in [2.05, 4.69) is 0 Å². The second-order valence-electron chi connectivity index (χ2n) is 1.47. The van der Waals surface area contributed by atoms with Crippen molar-refractivity contribution in [1.29, 1.82) is 0 Å². The first-order chi connectivity index (χ1) is 2.89. The zero-order valence-electron chi connectivity index (χ0n) is 3.81. The van der Waals surface area contributed by atoms with Gasteiger partial charge < -0.3 is 9.47 Å². The quantitative estimate of drug-likeness (QED) is 0.426. The Hall–Kier alpha value is -0.0800. The normalized spacial score (nSPS) is 34.5. The highest BCUT2D eigenvalue weighted by Crippen LogP contribution is 1.98. The van der Waals surface area contributed by atoms with E-state index >= 15 is 0 Å².